The Kier molecular flexibility index (Phi) is 10.4. The van der Waals surface area contributed by atoms with E-state index in [1.54, 1.807) is 11.3 Å². The van der Waals surface area contributed by atoms with Crippen LogP contribution in [0.2, 0.25) is 0 Å². The van der Waals surface area contributed by atoms with Gasteiger partial charge in [-0.25, -0.2) is 4.98 Å². The van der Waals surface area contributed by atoms with Crippen molar-refractivity contribution < 1.29 is 19.7 Å². The molecule has 184 valence electrons. The summed E-state index contributed by atoms with van der Waals surface area (Å²) in [6.07, 6.45) is 7.57. The number of aromatic nitrogens is 1. The van der Waals surface area contributed by atoms with Gasteiger partial charge >= 0.3 is 5.97 Å². The van der Waals surface area contributed by atoms with Crippen LogP contribution in [0.25, 0.3) is 6.08 Å². The van der Waals surface area contributed by atoms with Crippen LogP contribution in [-0.4, -0.2) is 49.5 Å². The molecule has 0 unspecified atom stereocenters. The summed E-state index contributed by atoms with van der Waals surface area (Å²) in [5, 5.41) is 24.5. The van der Waals surface area contributed by atoms with Crippen molar-refractivity contribution in [1.82, 2.24) is 4.98 Å². The summed E-state index contributed by atoms with van der Waals surface area (Å²) >= 11 is 3.08. The van der Waals surface area contributed by atoms with Crippen LogP contribution >= 0.6 is 23.1 Å². The van der Waals surface area contributed by atoms with Crippen LogP contribution in [0.4, 0.5) is 0 Å². The Bertz CT molecular complexity index is 887. The monoisotopic (exact) mass is 493 g/mol. The molecule has 5 atom stereocenters. The van der Waals surface area contributed by atoms with Crippen molar-refractivity contribution >= 4 is 35.1 Å². The fraction of sp³-hybridized carbons (Fsp3) is 0.615. The molecule has 0 fully saturated rings. The third kappa shape index (κ3) is 8.71. The highest BCUT2D eigenvalue weighted by molar-refractivity contribution is 8.01. The molecule has 0 aromatic carbocycles. The Morgan fingerprint density at radius 2 is 1.97 bits per heavy atom. The van der Waals surface area contributed by atoms with Gasteiger partial charge in [0.2, 0.25) is 0 Å². The van der Waals surface area contributed by atoms with Crippen molar-refractivity contribution in [3.05, 3.63) is 45.5 Å². The van der Waals surface area contributed by atoms with E-state index in [1.807, 2.05) is 53.0 Å². The average molecular weight is 494 g/mol. The SMILES string of the molecule is C/C1=C/C[C@@H](/C(C)=C/c2csc(C)n2)OC(=O)C[C@H](O)C(C)(C)S[C@H](C)[C@@H](O)[C@@H](C)/C=C/C1. The van der Waals surface area contributed by atoms with Crippen LogP contribution in [0.1, 0.15) is 71.5 Å². The first-order chi connectivity index (χ1) is 15.4. The first-order valence-electron chi connectivity index (χ1n) is 11.5. The van der Waals surface area contributed by atoms with Gasteiger partial charge < -0.3 is 14.9 Å². The van der Waals surface area contributed by atoms with Crippen molar-refractivity contribution in [1.29, 1.82) is 0 Å². The largest absolute Gasteiger partial charge is 0.457 e. The quantitative estimate of drug-likeness (QED) is 0.406. The number of nitrogens with zero attached hydrogens (tertiary/aromatic N) is 1. The molecular weight excluding hydrogens is 454 g/mol. The highest BCUT2D eigenvalue weighted by atomic mass is 32.2. The number of aliphatic hydroxyl groups excluding tert-OH is 2. The first kappa shape index (κ1) is 27.8. The number of aryl methyl sites for hydroxylation is 1. The standard InChI is InChI=1S/C26H39NO4S2/c1-16-9-8-10-17(2)25(30)19(4)33-26(6,7)23(28)14-24(29)31-22(12-11-16)18(3)13-21-15-32-20(5)27-21/h8,10-11,13,15,17,19,22-23,25,28,30H,9,12,14H2,1-7H3/b10-8+,16-11-,18-13+/t17-,19+,22-,23-,25-/m0/s1. The van der Waals surface area contributed by atoms with E-state index in [0.717, 1.165) is 22.7 Å². The van der Waals surface area contributed by atoms with E-state index in [0.29, 0.717) is 6.42 Å². The number of carbonyl (C=O) groups is 1. The lowest BCUT2D eigenvalue weighted by atomic mass is 10.00. The fourth-order valence-electron chi connectivity index (χ4n) is 3.74. The molecule has 1 aliphatic heterocycles. The average Bonchev–Trinajstić information content (AvgIpc) is 3.13. The molecule has 1 aromatic heterocycles. The molecule has 0 saturated carbocycles. The zero-order valence-electron chi connectivity index (χ0n) is 20.9. The van der Waals surface area contributed by atoms with Gasteiger partial charge in [-0.2, -0.15) is 0 Å². The van der Waals surface area contributed by atoms with E-state index < -0.39 is 29.0 Å². The van der Waals surface area contributed by atoms with E-state index in [2.05, 4.69) is 30.1 Å². The molecule has 0 radical (unpaired) electrons. The van der Waals surface area contributed by atoms with Gasteiger partial charge in [-0.3, -0.25) is 4.79 Å². The first-order valence-corrected chi connectivity index (χ1v) is 13.3. The van der Waals surface area contributed by atoms with E-state index >= 15 is 0 Å². The van der Waals surface area contributed by atoms with Crippen molar-refractivity contribution in [2.24, 2.45) is 5.92 Å². The Morgan fingerprint density at radius 1 is 1.27 bits per heavy atom. The minimum atomic E-state index is -0.896. The van der Waals surface area contributed by atoms with E-state index in [-0.39, 0.29) is 17.6 Å². The number of hydrogen-bond donors (Lipinski definition) is 2. The van der Waals surface area contributed by atoms with E-state index in [1.165, 1.54) is 17.3 Å². The number of thiazole rings is 1. The predicted molar refractivity (Wildman–Crippen MR) is 139 cm³/mol. The predicted octanol–water partition coefficient (Wildman–Crippen LogP) is 5.71. The highest BCUT2D eigenvalue weighted by Crippen LogP contribution is 2.36. The molecule has 2 heterocycles. The molecule has 0 amide bonds. The number of ether oxygens (including phenoxy) is 1. The molecule has 2 N–H and O–H groups in total. The fourth-order valence-corrected chi connectivity index (χ4v) is 5.89. The van der Waals surface area contributed by atoms with Crippen LogP contribution in [0, 0.1) is 12.8 Å². The number of cyclic esters (lactones) is 1. The summed E-state index contributed by atoms with van der Waals surface area (Å²) in [5.41, 5.74) is 2.95. The normalized spacial score (nSPS) is 33.1. The molecule has 0 spiro atoms. The zero-order chi connectivity index (χ0) is 24.8. The maximum Gasteiger partial charge on any atom is 0.309 e. The number of aliphatic hydroxyl groups is 2. The second kappa shape index (κ2) is 12.3. The number of hydrogen-bond acceptors (Lipinski definition) is 7. The van der Waals surface area contributed by atoms with Crippen molar-refractivity contribution in [2.45, 2.75) is 96.0 Å². The third-order valence-corrected chi connectivity index (χ3v) is 8.35. The smallest absolute Gasteiger partial charge is 0.309 e. The maximum absolute atomic E-state index is 12.8. The summed E-state index contributed by atoms with van der Waals surface area (Å²) in [4.78, 5) is 17.3. The number of thioether (sulfide) groups is 1. The van der Waals surface area contributed by atoms with E-state index in [9.17, 15) is 15.0 Å². The molecule has 1 aliphatic rings. The van der Waals surface area contributed by atoms with Gasteiger partial charge in [-0.1, -0.05) is 37.6 Å². The summed E-state index contributed by atoms with van der Waals surface area (Å²) in [7, 11) is 0. The van der Waals surface area contributed by atoms with Gasteiger partial charge in [-0.15, -0.1) is 23.1 Å². The van der Waals surface area contributed by atoms with E-state index in [4.69, 9.17) is 4.74 Å². The van der Waals surface area contributed by atoms with Gasteiger partial charge in [-0.05, 0) is 52.7 Å². The molecule has 5 nitrogen and oxygen atoms in total. The van der Waals surface area contributed by atoms with Crippen molar-refractivity contribution in [3.8, 4) is 0 Å². The summed E-state index contributed by atoms with van der Waals surface area (Å²) in [5.74, 6) is -0.436. The molecule has 1 aromatic rings. The third-order valence-electron chi connectivity index (χ3n) is 6.03. The van der Waals surface area contributed by atoms with Gasteiger partial charge in [0.25, 0.3) is 0 Å². The van der Waals surface area contributed by atoms with Crippen LogP contribution in [0.15, 0.2) is 34.8 Å². The summed E-state index contributed by atoms with van der Waals surface area (Å²) in [6.45, 7) is 13.8. The second-order valence-corrected chi connectivity index (χ2v) is 12.7. The van der Waals surface area contributed by atoms with Gasteiger partial charge in [0.05, 0.1) is 29.3 Å². The van der Waals surface area contributed by atoms with Gasteiger partial charge in [0, 0.05) is 27.7 Å². The lowest BCUT2D eigenvalue weighted by Crippen LogP contribution is -2.40. The molecule has 2 rings (SSSR count). The van der Waals surface area contributed by atoms with Crippen molar-refractivity contribution in [2.75, 3.05) is 0 Å². The number of carbonyl (C=O) groups excluding carboxylic acids is 1. The maximum atomic E-state index is 12.8. The highest BCUT2D eigenvalue weighted by Gasteiger charge is 2.35. The topological polar surface area (TPSA) is 79.7 Å². The van der Waals surface area contributed by atoms with Crippen LogP contribution in [-0.2, 0) is 9.53 Å². The molecule has 0 saturated heterocycles. The zero-order valence-corrected chi connectivity index (χ0v) is 22.5. The molecular formula is C26H39NO4S2. The Balaban J connectivity index is 2.31. The Labute approximate surface area is 207 Å². The van der Waals surface area contributed by atoms with Crippen molar-refractivity contribution in [3.63, 3.8) is 0 Å². The molecule has 0 aliphatic carbocycles. The Hall–Kier alpha value is -1.41. The molecule has 33 heavy (non-hydrogen) atoms. The van der Waals surface area contributed by atoms with Gasteiger partial charge in [0.15, 0.2) is 0 Å². The van der Waals surface area contributed by atoms with Crippen LogP contribution < -0.4 is 0 Å². The number of esters is 1. The minimum Gasteiger partial charge on any atom is -0.457 e. The minimum absolute atomic E-state index is 0.00870. The van der Waals surface area contributed by atoms with Crippen LogP contribution in [0.5, 0.6) is 0 Å². The second-order valence-electron chi connectivity index (χ2n) is 9.57. The summed E-state index contributed by atoms with van der Waals surface area (Å²) in [6, 6.07) is 0. The summed E-state index contributed by atoms with van der Waals surface area (Å²) < 4.78 is 5.24. The molecule has 0 bridgehead atoms. The van der Waals surface area contributed by atoms with Crippen LogP contribution in [0.3, 0.4) is 0 Å². The number of rotatable bonds is 2. The Morgan fingerprint density at radius 3 is 2.61 bits per heavy atom. The molecule has 7 heteroatoms. The lowest BCUT2D eigenvalue weighted by Gasteiger charge is -2.35. The lowest BCUT2D eigenvalue weighted by molar-refractivity contribution is -0.149. The van der Waals surface area contributed by atoms with Gasteiger partial charge in [0.1, 0.15) is 6.10 Å². The number of allylic oxidation sites excluding steroid dienone is 2.